The van der Waals surface area contributed by atoms with Crippen LogP contribution in [-0.4, -0.2) is 43.4 Å². The summed E-state index contributed by atoms with van der Waals surface area (Å²) in [6, 6.07) is 4.34. The Labute approximate surface area is 100 Å². The quantitative estimate of drug-likeness (QED) is 0.629. The minimum absolute atomic E-state index is 1.16. The number of thioether (sulfide) groups is 1. The summed E-state index contributed by atoms with van der Waals surface area (Å²) in [5.41, 5.74) is 0. The molecule has 0 amide bonds. The zero-order valence-electron chi connectivity index (χ0n) is 8.95. The number of hydrogen-bond donors (Lipinski definition) is 1. The largest absolute Gasteiger partial charge is 0.314 e. The van der Waals surface area contributed by atoms with E-state index in [9.17, 15) is 0 Å². The van der Waals surface area contributed by atoms with Crippen LogP contribution in [0.5, 0.6) is 0 Å². The van der Waals surface area contributed by atoms with Crippen molar-refractivity contribution in [2.45, 2.75) is 10.6 Å². The normalized spacial score (nSPS) is 18.1. The minimum Gasteiger partial charge on any atom is -0.314 e. The molecule has 1 aromatic heterocycles. The molecule has 0 unspecified atom stereocenters. The van der Waals surface area contributed by atoms with Crippen molar-refractivity contribution < 1.29 is 0 Å². The van der Waals surface area contributed by atoms with Gasteiger partial charge in [-0.15, -0.1) is 23.1 Å². The van der Waals surface area contributed by atoms with Crippen LogP contribution in [0.25, 0.3) is 0 Å². The lowest BCUT2D eigenvalue weighted by molar-refractivity contribution is 0.242. The maximum Gasteiger partial charge on any atom is 0.0598 e. The number of rotatable bonds is 5. The van der Waals surface area contributed by atoms with Gasteiger partial charge in [-0.1, -0.05) is 6.07 Å². The first-order valence-corrected chi connectivity index (χ1v) is 7.41. The van der Waals surface area contributed by atoms with Crippen LogP contribution in [0, 0.1) is 0 Å². The third-order valence-corrected chi connectivity index (χ3v) is 4.78. The number of nitrogens with zero attached hydrogens (tertiary/aromatic N) is 1. The van der Waals surface area contributed by atoms with Gasteiger partial charge in [0.05, 0.1) is 4.21 Å². The van der Waals surface area contributed by atoms with Gasteiger partial charge in [0.1, 0.15) is 0 Å². The van der Waals surface area contributed by atoms with E-state index >= 15 is 0 Å². The molecule has 0 spiro atoms. The number of hydrogen-bond acceptors (Lipinski definition) is 4. The molecule has 0 radical (unpaired) electrons. The number of thiophene rings is 1. The molecule has 0 aromatic carbocycles. The van der Waals surface area contributed by atoms with E-state index in [4.69, 9.17) is 0 Å². The molecule has 84 valence electrons. The lowest BCUT2D eigenvalue weighted by Crippen LogP contribution is -2.43. The Morgan fingerprint density at radius 3 is 3.00 bits per heavy atom. The fraction of sp³-hybridized carbons (Fsp3) is 0.636. The van der Waals surface area contributed by atoms with Crippen molar-refractivity contribution in [1.82, 2.24) is 10.2 Å². The SMILES string of the molecule is c1csc(SCCCN2CCNCC2)c1. The minimum atomic E-state index is 1.16. The van der Waals surface area contributed by atoms with Crippen LogP contribution in [-0.2, 0) is 0 Å². The van der Waals surface area contributed by atoms with Crippen LogP contribution in [0.3, 0.4) is 0 Å². The Balaban J connectivity index is 1.54. The second kappa shape index (κ2) is 6.53. The average molecular weight is 242 g/mol. The Morgan fingerprint density at radius 1 is 1.40 bits per heavy atom. The smallest absolute Gasteiger partial charge is 0.0598 e. The molecule has 0 saturated carbocycles. The van der Waals surface area contributed by atoms with Gasteiger partial charge in [-0.2, -0.15) is 0 Å². The first-order valence-electron chi connectivity index (χ1n) is 5.54. The molecule has 2 rings (SSSR count). The molecule has 0 bridgehead atoms. The van der Waals surface area contributed by atoms with E-state index in [1.54, 1.807) is 0 Å². The molecule has 1 aromatic rings. The second-order valence-corrected chi connectivity index (χ2v) is 6.07. The Hall–Kier alpha value is -0.0300. The van der Waals surface area contributed by atoms with Crippen molar-refractivity contribution in [3.8, 4) is 0 Å². The maximum absolute atomic E-state index is 3.38. The molecular weight excluding hydrogens is 224 g/mol. The van der Waals surface area contributed by atoms with E-state index in [-0.39, 0.29) is 0 Å². The van der Waals surface area contributed by atoms with E-state index < -0.39 is 0 Å². The van der Waals surface area contributed by atoms with Gasteiger partial charge in [0.15, 0.2) is 0 Å². The van der Waals surface area contributed by atoms with Gasteiger partial charge in [-0.25, -0.2) is 0 Å². The molecular formula is C11H18N2S2. The third kappa shape index (κ3) is 4.15. The van der Waals surface area contributed by atoms with E-state index in [0.717, 1.165) is 13.1 Å². The standard InChI is InChI=1S/C11H18N2S2/c1-3-11(14-9-1)15-10-2-6-13-7-4-12-5-8-13/h1,3,9,12H,2,4-8,10H2. The van der Waals surface area contributed by atoms with E-state index in [2.05, 4.69) is 27.7 Å². The van der Waals surface area contributed by atoms with Crippen LogP contribution >= 0.6 is 23.1 Å². The van der Waals surface area contributed by atoms with Crippen LogP contribution in [0.1, 0.15) is 6.42 Å². The lowest BCUT2D eigenvalue weighted by Gasteiger charge is -2.26. The zero-order chi connectivity index (χ0) is 10.3. The molecule has 1 N–H and O–H groups in total. The average Bonchev–Trinajstić information content (AvgIpc) is 2.79. The molecule has 1 aliphatic rings. The summed E-state index contributed by atoms with van der Waals surface area (Å²) < 4.78 is 1.45. The summed E-state index contributed by atoms with van der Waals surface area (Å²) in [5, 5.41) is 5.53. The highest BCUT2D eigenvalue weighted by Gasteiger charge is 2.08. The van der Waals surface area contributed by atoms with Crippen molar-refractivity contribution in [1.29, 1.82) is 0 Å². The fourth-order valence-electron chi connectivity index (χ4n) is 1.74. The topological polar surface area (TPSA) is 15.3 Å². The van der Waals surface area contributed by atoms with Gasteiger partial charge in [-0.3, -0.25) is 0 Å². The van der Waals surface area contributed by atoms with Crippen molar-refractivity contribution in [2.75, 3.05) is 38.5 Å². The highest BCUT2D eigenvalue weighted by molar-refractivity contribution is 8.01. The van der Waals surface area contributed by atoms with Crippen LogP contribution in [0.2, 0.25) is 0 Å². The highest BCUT2D eigenvalue weighted by atomic mass is 32.2. The first kappa shape index (κ1) is 11.5. The van der Waals surface area contributed by atoms with Crippen molar-refractivity contribution >= 4 is 23.1 Å². The summed E-state index contributed by atoms with van der Waals surface area (Å²) in [6.45, 7) is 6.05. The van der Waals surface area contributed by atoms with Crippen LogP contribution in [0.15, 0.2) is 21.7 Å². The Kier molecular flexibility index (Phi) is 4.99. The molecule has 0 aliphatic carbocycles. The monoisotopic (exact) mass is 242 g/mol. The van der Waals surface area contributed by atoms with Gasteiger partial charge in [-0.05, 0) is 24.4 Å². The van der Waals surface area contributed by atoms with Crippen molar-refractivity contribution in [2.24, 2.45) is 0 Å². The summed E-state index contributed by atoms with van der Waals surface area (Å²) >= 11 is 3.84. The number of piperazine rings is 1. The van der Waals surface area contributed by atoms with Gasteiger partial charge < -0.3 is 10.2 Å². The summed E-state index contributed by atoms with van der Waals surface area (Å²) in [4.78, 5) is 2.56. The Bertz CT molecular complexity index is 256. The summed E-state index contributed by atoms with van der Waals surface area (Å²) in [7, 11) is 0. The highest BCUT2D eigenvalue weighted by Crippen LogP contribution is 2.23. The summed E-state index contributed by atoms with van der Waals surface area (Å²) in [6.07, 6.45) is 1.31. The van der Waals surface area contributed by atoms with Gasteiger partial charge >= 0.3 is 0 Å². The van der Waals surface area contributed by atoms with Crippen molar-refractivity contribution in [3.63, 3.8) is 0 Å². The molecule has 1 saturated heterocycles. The molecule has 2 nitrogen and oxygen atoms in total. The van der Waals surface area contributed by atoms with E-state index in [1.807, 2.05) is 23.1 Å². The maximum atomic E-state index is 3.38. The first-order chi connectivity index (χ1) is 7.45. The van der Waals surface area contributed by atoms with E-state index in [0.29, 0.717) is 0 Å². The molecule has 15 heavy (non-hydrogen) atoms. The summed E-state index contributed by atoms with van der Waals surface area (Å²) in [5.74, 6) is 1.25. The third-order valence-electron chi connectivity index (χ3n) is 2.57. The lowest BCUT2D eigenvalue weighted by atomic mass is 10.3. The predicted molar refractivity (Wildman–Crippen MR) is 69.0 cm³/mol. The molecule has 1 aliphatic heterocycles. The fourth-order valence-corrected chi connectivity index (χ4v) is 3.53. The molecule has 2 heterocycles. The predicted octanol–water partition coefficient (Wildman–Crippen LogP) is 2.14. The van der Waals surface area contributed by atoms with Crippen LogP contribution < -0.4 is 5.32 Å². The number of nitrogens with one attached hydrogen (secondary N) is 1. The van der Waals surface area contributed by atoms with Crippen molar-refractivity contribution in [3.05, 3.63) is 17.5 Å². The molecule has 1 fully saturated rings. The Morgan fingerprint density at radius 2 is 2.27 bits per heavy atom. The van der Waals surface area contributed by atoms with Crippen LogP contribution in [0.4, 0.5) is 0 Å². The second-order valence-electron chi connectivity index (χ2n) is 3.73. The van der Waals surface area contributed by atoms with Gasteiger partial charge in [0.2, 0.25) is 0 Å². The van der Waals surface area contributed by atoms with E-state index in [1.165, 1.54) is 36.0 Å². The van der Waals surface area contributed by atoms with Gasteiger partial charge in [0.25, 0.3) is 0 Å². The molecule has 4 heteroatoms. The zero-order valence-corrected chi connectivity index (χ0v) is 10.6. The molecule has 0 atom stereocenters. The van der Waals surface area contributed by atoms with Gasteiger partial charge in [0, 0.05) is 31.9 Å².